The standard InChI is InChI=1S/C81H142O16P2/c1-4-7-10-13-16-19-22-24-26-28-30-31-32-33-34-35-36-37-38-39-40-41-42-43-45-47-48-50-53-55-58-61-64-67-79(84)91-70-76(82)71-93-98(87,88)94-72-77(83)73-95-99(89,90)96-75-78(97-81(86)69-66-63-60-57-52-21-18-15-12-9-6-3)74-92-80(85)68-65-62-59-56-54-51-49-46-44-29-27-25-23-20-17-14-11-8-5-2/h7-8,10-11,16-17,19-20,24-27,30-31,33-34,44,46,76-78,82-83H,4-6,9,12-15,18,21-23,28-29,32,35-43,45,47-75H2,1-3H3,(H,87,88)(H,89,90)/b10-7-,11-8-,19-16-,20-17-,26-24-,27-25-,31-30-,34-33-,46-44-. The van der Waals surface area contributed by atoms with Gasteiger partial charge in [-0.15, -0.1) is 0 Å². The third kappa shape index (κ3) is 75.2. The molecule has 4 N–H and O–H groups in total. The summed E-state index contributed by atoms with van der Waals surface area (Å²) in [4.78, 5) is 58.5. The molecular weight excluding hydrogens is 1290 g/mol. The van der Waals surface area contributed by atoms with Crippen molar-refractivity contribution in [2.75, 3.05) is 39.6 Å². The topological polar surface area (TPSA) is 231 Å². The summed E-state index contributed by atoms with van der Waals surface area (Å²) in [5.41, 5.74) is 0. The van der Waals surface area contributed by atoms with Crippen LogP contribution in [0.4, 0.5) is 0 Å². The Kier molecular flexibility index (Phi) is 71.1. The molecule has 0 aromatic heterocycles. The summed E-state index contributed by atoms with van der Waals surface area (Å²) >= 11 is 0. The van der Waals surface area contributed by atoms with Gasteiger partial charge < -0.3 is 34.2 Å². The van der Waals surface area contributed by atoms with Crippen molar-refractivity contribution in [3.8, 4) is 0 Å². The van der Waals surface area contributed by atoms with E-state index < -0.39 is 91.5 Å². The Morgan fingerprint density at radius 3 is 0.848 bits per heavy atom. The monoisotopic (exact) mass is 1430 g/mol. The van der Waals surface area contributed by atoms with Gasteiger partial charge in [-0.3, -0.25) is 32.5 Å². The number of phosphoric acid groups is 2. The van der Waals surface area contributed by atoms with Gasteiger partial charge >= 0.3 is 33.6 Å². The third-order valence-electron chi connectivity index (χ3n) is 16.5. The average molecular weight is 1430 g/mol. The molecule has 0 aliphatic heterocycles. The maximum absolute atomic E-state index is 12.9. The zero-order valence-electron chi connectivity index (χ0n) is 62.4. The molecule has 0 radical (unpaired) electrons. The van der Waals surface area contributed by atoms with Crippen LogP contribution in [0.2, 0.25) is 0 Å². The van der Waals surface area contributed by atoms with Gasteiger partial charge in [-0.2, -0.15) is 0 Å². The van der Waals surface area contributed by atoms with Crippen molar-refractivity contribution in [3.05, 3.63) is 109 Å². The van der Waals surface area contributed by atoms with Crippen molar-refractivity contribution in [1.82, 2.24) is 0 Å². The molecule has 5 unspecified atom stereocenters. The summed E-state index contributed by atoms with van der Waals surface area (Å²) in [7, 11) is -9.78. The minimum absolute atomic E-state index is 0.104. The smallest absolute Gasteiger partial charge is 0.463 e. The Morgan fingerprint density at radius 1 is 0.293 bits per heavy atom. The van der Waals surface area contributed by atoms with E-state index in [1.165, 1.54) is 128 Å². The summed E-state index contributed by atoms with van der Waals surface area (Å²) in [6.07, 6.45) is 85.9. The quantitative estimate of drug-likeness (QED) is 0.0146. The normalized spacial score (nSPS) is 14.6. The van der Waals surface area contributed by atoms with E-state index in [9.17, 15) is 43.5 Å². The fraction of sp³-hybridized carbons (Fsp3) is 0.741. The molecule has 5 atom stereocenters. The number of carbonyl (C=O) groups is 3. The lowest BCUT2D eigenvalue weighted by Crippen LogP contribution is -2.30. The summed E-state index contributed by atoms with van der Waals surface area (Å²) < 4.78 is 61.0. The van der Waals surface area contributed by atoms with Crippen LogP contribution in [0.3, 0.4) is 0 Å². The summed E-state index contributed by atoms with van der Waals surface area (Å²) in [6, 6.07) is 0. The second-order valence-electron chi connectivity index (χ2n) is 26.1. The Balaban J connectivity index is 4.35. The molecule has 16 nitrogen and oxygen atoms in total. The van der Waals surface area contributed by atoms with Gasteiger partial charge in [0.1, 0.15) is 25.4 Å². The molecule has 0 aromatic rings. The highest BCUT2D eigenvalue weighted by molar-refractivity contribution is 7.47. The van der Waals surface area contributed by atoms with Crippen molar-refractivity contribution >= 4 is 33.6 Å². The zero-order valence-corrected chi connectivity index (χ0v) is 64.2. The molecule has 0 saturated heterocycles. The molecule has 0 bridgehead atoms. The van der Waals surface area contributed by atoms with Crippen molar-refractivity contribution in [1.29, 1.82) is 0 Å². The molecule has 0 aliphatic carbocycles. The molecule has 18 heteroatoms. The van der Waals surface area contributed by atoms with Crippen LogP contribution < -0.4 is 0 Å². The van der Waals surface area contributed by atoms with Gasteiger partial charge in [0, 0.05) is 19.3 Å². The largest absolute Gasteiger partial charge is 0.472 e. The summed E-state index contributed by atoms with van der Waals surface area (Å²) in [5.74, 6) is -1.58. The average Bonchev–Trinajstić information content (AvgIpc) is 1.28. The van der Waals surface area contributed by atoms with Crippen LogP contribution in [0, 0.1) is 0 Å². The molecule has 572 valence electrons. The predicted octanol–water partition coefficient (Wildman–Crippen LogP) is 22.8. The van der Waals surface area contributed by atoms with E-state index in [4.69, 9.17) is 32.3 Å². The Morgan fingerprint density at radius 2 is 0.535 bits per heavy atom. The van der Waals surface area contributed by atoms with Crippen LogP contribution in [-0.2, 0) is 55.8 Å². The van der Waals surface area contributed by atoms with Gasteiger partial charge in [0.15, 0.2) is 6.10 Å². The zero-order chi connectivity index (χ0) is 72.3. The van der Waals surface area contributed by atoms with Crippen LogP contribution in [0.1, 0.15) is 329 Å². The van der Waals surface area contributed by atoms with E-state index in [1.807, 2.05) is 0 Å². The number of aliphatic hydroxyl groups is 2. The fourth-order valence-corrected chi connectivity index (χ4v) is 12.2. The maximum Gasteiger partial charge on any atom is 0.472 e. The molecule has 0 spiro atoms. The van der Waals surface area contributed by atoms with Crippen molar-refractivity contribution < 1.29 is 75.8 Å². The van der Waals surface area contributed by atoms with Gasteiger partial charge in [-0.1, -0.05) is 316 Å². The molecule has 0 heterocycles. The molecule has 0 amide bonds. The number of phosphoric ester groups is 2. The molecule has 0 aliphatic rings. The lowest BCUT2D eigenvalue weighted by atomic mass is 10.0. The summed E-state index contributed by atoms with van der Waals surface area (Å²) in [6.45, 7) is 2.45. The highest BCUT2D eigenvalue weighted by atomic mass is 31.2. The van der Waals surface area contributed by atoms with Gasteiger partial charge in [0.25, 0.3) is 0 Å². The molecule has 0 fully saturated rings. The van der Waals surface area contributed by atoms with Crippen LogP contribution in [0.15, 0.2) is 109 Å². The highest BCUT2D eigenvalue weighted by Gasteiger charge is 2.29. The number of aliphatic hydroxyl groups excluding tert-OH is 2. The molecular formula is C81H142O16P2. The van der Waals surface area contributed by atoms with E-state index in [2.05, 4.69) is 130 Å². The van der Waals surface area contributed by atoms with E-state index >= 15 is 0 Å². The van der Waals surface area contributed by atoms with E-state index in [0.29, 0.717) is 19.3 Å². The fourth-order valence-electron chi connectivity index (χ4n) is 10.6. The number of rotatable bonds is 74. The third-order valence-corrected chi connectivity index (χ3v) is 18.4. The van der Waals surface area contributed by atoms with Gasteiger partial charge in [-0.25, -0.2) is 9.13 Å². The minimum atomic E-state index is -4.92. The second kappa shape index (κ2) is 73.9. The number of allylic oxidation sites excluding steroid dienone is 18. The SMILES string of the molecule is CC/C=C\C/C=C\C/C=C\C/C=C\C/C=C\CCCCCCCCCCCCCCCCCCCC(=O)OCC(O)COP(=O)(O)OCC(O)COP(=O)(O)OCC(COC(=O)CCCCCCCC/C=C\C/C=C\C/C=C\C/C=C\CC)OC(=O)CCCCCCCCCCCCC. The minimum Gasteiger partial charge on any atom is -0.463 e. The predicted molar refractivity (Wildman–Crippen MR) is 408 cm³/mol. The lowest BCUT2D eigenvalue weighted by Gasteiger charge is -2.21. The highest BCUT2D eigenvalue weighted by Crippen LogP contribution is 2.45. The van der Waals surface area contributed by atoms with Crippen LogP contribution in [-0.4, -0.2) is 95.9 Å². The first kappa shape index (κ1) is 95.2. The number of unbranched alkanes of at least 4 members (excludes halogenated alkanes) is 33. The summed E-state index contributed by atoms with van der Waals surface area (Å²) in [5, 5.41) is 20.6. The van der Waals surface area contributed by atoms with E-state index in [0.717, 1.165) is 141 Å². The van der Waals surface area contributed by atoms with Crippen molar-refractivity contribution in [2.24, 2.45) is 0 Å². The number of ether oxygens (including phenoxy) is 3. The molecule has 0 saturated carbocycles. The number of esters is 3. The van der Waals surface area contributed by atoms with Crippen LogP contribution >= 0.6 is 15.6 Å². The van der Waals surface area contributed by atoms with Crippen LogP contribution in [0.25, 0.3) is 0 Å². The first-order valence-corrected chi connectivity index (χ1v) is 42.2. The second-order valence-corrected chi connectivity index (χ2v) is 29.0. The molecule has 0 rings (SSSR count). The van der Waals surface area contributed by atoms with E-state index in [1.54, 1.807) is 0 Å². The Bertz CT molecular complexity index is 2240. The first-order chi connectivity index (χ1) is 48.2. The van der Waals surface area contributed by atoms with E-state index in [-0.39, 0.29) is 19.3 Å². The lowest BCUT2D eigenvalue weighted by molar-refractivity contribution is -0.161. The van der Waals surface area contributed by atoms with Gasteiger partial charge in [0.2, 0.25) is 0 Å². The molecule has 0 aromatic carbocycles. The Hall–Kier alpha value is -3.79. The van der Waals surface area contributed by atoms with Crippen molar-refractivity contribution in [3.63, 3.8) is 0 Å². The van der Waals surface area contributed by atoms with Crippen molar-refractivity contribution in [2.45, 2.75) is 347 Å². The number of hydrogen-bond acceptors (Lipinski definition) is 14. The first-order valence-electron chi connectivity index (χ1n) is 39.2. The maximum atomic E-state index is 12.9. The molecule has 99 heavy (non-hydrogen) atoms. The van der Waals surface area contributed by atoms with Gasteiger partial charge in [0.05, 0.1) is 26.4 Å². The number of hydrogen-bond donors (Lipinski definition) is 4. The van der Waals surface area contributed by atoms with Crippen LogP contribution in [0.5, 0.6) is 0 Å². The number of carbonyl (C=O) groups excluding carboxylic acids is 3. The van der Waals surface area contributed by atoms with Gasteiger partial charge in [-0.05, 0) is 103 Å². The Labute approximate surface area is 602 Å².